The van der Waals surface area contributed by atoms with E-state index in [1.165, 1.54) is 23.9 Å². The Kier molecular flexibility index (Phi) is 4.36. The van der Waals surface area contributed by atoms with Crippen LogP contribution in [0.5, 0.6) is 0 Å². The van der Waals surface area contributed by atoms with Gasteiger partial charge in [-0.3, -0.25) is 4.79 Å². The number of fused-ring (bicyclic) bond motifs is 1. The fourth-order valence-electron chi connectivity index (χ4n) is 3.19. The van der Waals surface area contributed by atoms with Gasteiger partial charge < -0.3 is 14.8 Å². The van der Waals surface area contributed by atoms with Crippen molar-refractivity contribution in [2.24, 2.45) is 0 Å². The van der Waals surface area contributed by atoms with Crippen molar-refractivity contribution in [1.29, 1.82) is 0 Å². The summed E-state index contributed by atoms with van der Waals surface area (Å²) in [5, 5.41) is 6.25. The fraction of sp³-hybridized carbons (Fsp3) is 0.350. The van der Waals surface area contributed by atoms with E-state index in [1.807, 2.05) is 11.4 Å². The van der Waals surface area contributed by atoms with Gasteiger partial charge in [0, 0.05) is 35.9 Å². The highest BCUT2D eigenvalue weighted by Gasteiger charge is 2.28. The molecular weight excluding hydrogens is 330 g/mol. The molecule has 25 heavy (non-hydrogen) atoms. The van der Waals surface area contributed by atoms with Gasteiger partial charge in [-0.15, -0.1) is 11.3 Å². The second-order valence-electron chi connectivity index (χ2n) is 7.02. The molecule has 4 nitrogen and oxygen atoms in total. The van der Waals surface area contributed by atoms with Crippen LogP contribution < -0.4 is 5.32 Å². The third-order valence-corrected chi connectivity index (χ3v) is 5.67. The highest BCUT2D eigenvalue weighted by molar-refractivity contribution is 7.12. The van der Waals surface area contributed by atoms with Gasteiger partial charge in [0.05, 0.1) is 4.88 Å². The summed E-state index contributed by atoms with van der Waals surface area (Å²) in [6.45, 7) is 1.97. The van der Waals surface area contributed by atoms with Crippen molar-refractivity contribution in [3.8, 4) is 0 Å². The monoisotopic (exact) mass is 353 g/mol. The van der Waals surface area contributed by atoms with Crippen LogP contribution in [0.15, 0.2) is 41.9 Å². The molecule has 2 aromatic heterocycles. The van der Waals surface area contributed by atoms with Gasteiger partial charge in [-0.1, -0.05) is 0 Å². The first kappa shape index (κ1) is 16.4. The number of hydrogen-bond acceptors (Lipinski definition) is 3. The van der Waals surface area contributed by atoms with E-state index in [9.17, 15) is 4.79 Å². The molecule has 0 atom stereocenters. The summed E-state index contributed by atoms with van der Waals surface area (Å²) >= 11 is 1.54. The molecule has 1 saturated carbocycles. The largest absolute Gasteiger partial charge is 0.346 e. The minimum atomic E-state index is 0.0169. The summed E-state index contributed by atoms with van der Waals surface area (Å²) < 4.78 is 2.26. The van der Waals surface area contributed by atoms with Gasteiger partial charge in [-0.05, 0) is 74.1 Å². The van der Waals surface area contributed by atoms with E-state index in [2.05, 4.69) is 59.3 Å². The molecule has 0 bridgehead atoms. The third kappa shape index (κ3) is 3.48. The molecule has 0 unspecified atom stereocenters. The van der Waals surface area contributed by atoms with E-state index < -0.39 is 0 Å². The Hall–Kier alpha value is -2.11. The number of hydrogen-bond donors (Lipinski definition) is 1. The highest BCUT2D eigenvalue weighted by Crippen LogP contribution is 2.43. The Balaban J connectivity index is 1.51. The Bertz CT molecular complexity index is 905. The predicted octanol–water partition coefficient (Wildman–Crippen LogP) is 4.39. The Morgan fingerprint density at radius 2 is 2.12 bits per heavy atom. The van der Waals surface area contributed by atoms with Crippen LogP contribution in [0, 0.1) is 0 Å². The van der Waals surface area contributed by atoms with Gasteiger partial charge in [0.1, 0.15) is 0 Å². The number of amides is 1. The molecule has 0 saturated heterocycles. The highest BCUT2D eigenvalue weighted by atomic mass is 32.1. The zero-order valence-corrected chi connectivity index (χ0v) is 15.5. The minimum Gasteiger partial charge on any atom is -0.346 e. The molecule has 5 heteroatoms. The van der Waals surface area contributed by atoms with Gasteiger partial charge in [-0.25, -0.2) is 0 Å². The van der Waals surface area contributed by atoms with Crippen LogP contribution in [-0.2, 0) is 6.54 Å². The van der Waals surface area contributed by atoms with E-state index >= 15 is 0 Å². The smallest absolute Gasteiger partial charge is 0.266 e. The molecule has 1 aromatic carbocycles. The zero-order chi connectivity index (χ0) is 17.4. The molecule has 0 aliphatic heterocycles. The molecule has 1 N–H and O–H groups in total. The van der Waals surface area contributed by atoms with Crippen LogP contribution in [0.2, 0.25) is 0 Å². The molecule has 0 spiro atoms. The van der Waals surface area contributed by atoms with Crippen molar-refractivity contribution in [3.05, 3.63) is 52.3 Å². The van der Waals surface area contributed by atoms with Gasteiger partial charge in [0.25, 0.3) is 5.91 Å². The number of nitrogens with zero attached hydrogens (tertiary/aromatic N) is 2. The first-order valence-corrected chi connectivity index (χ1v) is 9.62. The topological polar surface area (TPSA) is 37.3 Å². The normalized spacial score (nSPS) is 14.4. The summed E-state index contributed by atoms with van der Waals surface area (Å²) in [4.78, 5) is 15.7. The zero-order valence-electron chi connectivity index (χ0n) is 14.7. The second kappa shape index (κ2) is 6.65. The van der Waals surface area contributed by atoms with E-state index in [1.54, 1.807) is 11.3 Å². The van der Waals surface area contributed by atoms with E-state index in [0.717, 1.165) is 29.0 Å². The number of thiophene rings is 1. The number of carbonyl (C=O) groups excluding carboxylic acids is 1. The number of likely N-dealkylation sites (N-methyl/N-ethyl adjacent to an activating group) is 1. The third-order valence-electron chi connectivity index (χ3n) is 4.74. The van der Waals surface area contributed by atoms with Crippen molar-refractivity contribution in [1.82, 2.24) is 9.47 Å². The summed E-state index contributed by atoms with van der Waals surface area (Å²) in [6.07, 6.45) is 4.54. The van der Waals surface area contributed by atoms with Gasteiger partial charge in [-0.2, -0.15) is 0 Å². The van der Waals surface area contributed by atoms with Crippen LogP contribution in [0.3, 0.4) is 0 Å². The first-order valence-electron chi connectivity index (χ1n) is 8.74. The molecule has 1 fully saturated rings. The van der Waals surface area contributed by atoms with Crippen molar-refractivity contribution >= 4 is 33.8 Å². The molecule has 130 valence electrons. The van der Waals surface area contributed by atoms with Crippen LogP contribution >= 0.6 is 11.3 Å². The molecule has 0 radical (unpaired) electrons. The van der Waals surface area contributed by atoms with Crippen molar-refractivity contribution in [2.45, 2.75) is 25.3 Å². The lowest BCUT2D eigenvalue weighted by molar-refractivity contribution is 0.102. The maximum absolute atomic E-state index is 12.6. The van der Waals surface area contributed by atoms with Gasteiger partial charge in [0.15, 0.2) is 0 Å². The number of aromatic nitrogens is 1. The second-order valence-corrected chi connectivity index (χ2v) is 7.94. The van der Waals surface area contributed by atoms with E-state index in [4.69, 9.17) is 0 Å². The lowest BCUT2D eigenvalue weighted by Crippen LogP contribution is -2.17. The van der Waals surface area contributed by atoms with E-state index in [-0.39, 0.29) is 5.91 Å². The number of carbonyl (C=O) groups is 1. The number of nitrogens with one attached hydrogen (secondary N) is 1. The maximum atomic E-state index is 12.6. The Morgan fingerprint density at radius 3 is 2.88 bits per heavy atom. The lowest BCUT2D eigenvalue weighted by atomic mass is 10.1. The van der Waals surface area contributed by atoms with Crippen molar-refractivity contribution in [2.75, 3.05) is 26.0 Å². The number of benzene rings is 1. The van der Waals surface area contributed by atoms with Gasteiger partial charge >= 0.3 is 0 Å². The molecular formula is C20H23N3OS. The number of anilines is 1. The molecule has 3 aromatic rings. The summed E-state index contributed by atoms with van der Waals surface area (Å²) in [5.74, 6) is 0.614. The summed E-state index contributed by atoms with van der Waals surface area (Å²) in [7, 11) is 4.17. The lowest BCUT2D eigenvalue weighted by Gasteiger charge is -2.11. The van der Waals surface area contributed by atoms with Gasteiger partial charge in [0.2, 0.25) is 0 Å². The standard InChI is InChI=1S/C20H23N3OS/c1-22(2)10-11-23-9-7-15-13-16(5-6-18(15)23)21-20(24)19-17(8-12-25-19)14-3-4-14/h5-9,12-14H,3-4,10-11H2,1-2H3,(H,21,24). The van der Waals surface area contributed by atoms with Crippen LogP contribution in [-0.4, -0.2) is 36.0 Å². The maximum Gasteiger partial charge on any atom is 0.266 e. The Morgan fingerprint density at radius 1 is 1.28 bits per heavy atom. The first-order chi connectivity index (χ1) is 12.1. The Labute approximate surface area is 152 Å². The van der Waals surface area contributed by atoms with Crippen molar-refractivity contribution in [3.63, 3.8) is 0 Å². The van der Waals surface area contributed by atoms with Crippen LogP contribution in [0.1, 0.15) is 34.0 Å². The molecule has 1 amide bonds. The minimum absolute atomic E-state index is 0.0169. The van der Waals surface area contributed by atoms with Crippen molar-refractivity contribution < 1.29 is 4.79 Å². The summed E-state index contributed by atoms with van der Waals surface area (Å²) in [6, 6.07) is 10.4. The predicted molar refractivity (Wildman–Crippen MR) is 105 cm³/mol. The molecule has 1 aliphatic carbocycles. The molecule has 2 heterocycles. The average molecular weight is 353 g/mol. The molecule has 4 rings (SSSR count). The fourth-order valence-corrected chi connectivity index (χ4v) is 4.07. The van der Waals surface area contributed by atoms with E-state index in [0.29, 0.717) is 5.92 Å². The van der Waals surface area contributed by atoms with Crippen LogP contribution in [0.25, 0.3) is 10.9 Å². The SMILES string of the molecule is CN(C)CCn1ccc2cc(NC(=O)c3sccc3C3CC3)ccc21. The average Bonchev–Trinajstić information content (AvgIpc) is 3.17. The van der Waals surface area contributed by atoms with Crippen LogP contribution in [0.4, 0.5) is 5.69 Å². The quantitative estimate of drug-likeness (QED) is 0.713. The number of rotatable bonds is 6. The molecule has 1 aliphatic rings. The summed E-state index contributed by atoms with van der Waals surface area (Å²) in [5.41, 5.74) is 3.28.